The van der Waals surface area contributed by atoms with Crippen molar-refractivity contribution in [1.82, 2.24) is 0 Å². The Bertz CT molecular complexity index is 177. The van der Waals surface area contributed by atoms with Crippen molar-refractivity contribution in [3.8, 4) is 0 Å². The number of cyclic esters (lactones) is 1. The minimum Gasteiger partial charge on any atom is -0.426 e. The lowest BCUT2D eigenvalue weighted by Crippen LogP contribution is -2.34. The van der Waals surface area contributed by atoms with Crippen LogP contribution < -0.4 is 0 Å². The molecule has 70 valence electrons. The molecule has 0 radical (unpaired) electrons. The van der Waals surface area contributed by atoms with Gasteiger partial charge in [-0.2, -0.15) is 13.2 Å². The van der Waals surface area contributed by atoms with Crippen LogP contribution in [0.3, 0.4) is 0 Å². The lowest BCUT2D eigenvalue weighted by atomic mass is 10.3. The maximum atomic E-state index is 11.9. The molecule has 1 rings (SSSR count). The Kier molecular flexibility index (Phi) is 2.56. The monoisotopic (exact) mass is 184 g/mol. The van der Waals surface area contributed by atoms with Gasteiger partial charge in [0.1, 0.15) is 0 Å². The van der Waals surface area contributed by atoms with Gasteiger partial charge in [-0.25, -0.2) is 0 Å². The summed E-state index contributed by atoms with van der Waals surface area (Å²) in [6, 6.07) is 0. The van der Waals surface area contributed by atoms with Crippen LogP contribution in [0.2, 0.25) is 0 Å². The first kappa shape index (κ1) is 9.31. The second-order valence-corrected chi connectivity index (χ2v) is 2.34. The Morgan fingerprint density at radius 1 is 1.42 bits per heavy atom. The molecule has 12 heavy (non-hydrogen) atoms. The highest BCUT2D eigenvalue weighted by molar-refractivity contribution is 5.69. The van der Waals surface area contributed by atoms with Crippen LogP contribution in [-0.4, -0.2) is 25.0 Å². The Morgan fingerprint density at radius 3 is 2.67 bits per heavy atom. The highest BCUT2D eigenvalue weighted by atomic mass is 19.4. The normalized spacial score (nSPS) is 26.2. The van der Waals surface area contributed by atoms with Crippen LogP contribution in [0, 0.1) is 0 Å². The molecule has 1 aliphatic rings. The van der Waals surface area contributed by atoms with Crippen molar-refractivity contribution in [2.75, 3.05) is 6.61 Å². The molecule has 0 aromatic rings. The molecule has 0 aliphatic carbocycles. The molecule has 0 N–H and O–H groups in total. The topological polar surface area (TPSA) is 35.5 Å². The average Bonchev–Trinajstić information content (AvgIpc) is 2.11. The van der Waals surface area contributed by atoms with Gasteiger partial charge in [-0.3, -0.25) is 4.79 Å². The number of rotatable bonds is 0. The van der Waals surface area contributed by atoms with Gasteiger partial charge < -0.3 is 9.47 Å². The van der Waals surface area contributed by atoms with E-state index >= 15 is 0 Å². The van der Waals surface area contributed by atoms with Crippen LogP contribution in [0.25, 0.3) is 0 Å². The van der Waals surface area contributed by atoms with Crippen LogP contribution in [0.4, 0.5) is 13.2 Å². The van der Waals surface area contributed by atoms with E-state index in [0.29, 0.717) is 0 Å². The van der Waals surface area contributed by atoms with Crippen molar-refractivity contribution < 1.29 is 27.4 Å². The maximum Gasteiger partial charge on any atom is 0.452 e. The third-order valence-electron chi connectivity index (χ3n) is 1.30. The predicted octanol–water partition coefficient (Wildman–Crippen LogP) is 1.23. The average molecular weight is 184 g/mol. The van der Waals surface area contributed by atoms with Gasteiger partial charge in [0, 0.05) is 6.42 Å². The van der Waals surface area contributed by atoms with Crippen molar-refractivity contribution >= 4 is 5.97 Å². The lowest BCUT2D eigenvalue weighted by Gasteiger charge is -2.17. The van der Waals surface area contributed by atoms with Gasteiger partial charge in [0.05, 0.1) is 6.61 Å². The number of hydrogen-bond acceptors (Lipinski definition) is 3. The van der Waals surface area contributed by atoms with Crippen LogP contribution in [-0.2, 0) is 14.3 Å². The van der Waals surface area contributed by atoms with Crippen molar-refractivity contribution in [2.24, 2.45) is 0 Å². The second-order valence-electron chi connectivity index (χ2n) is 2.34. The molecule has 0 aromatic carbocycles. The van der Waals surface area contributed by atoms with Gasteiger partial charge in [0.25, 0.3) is 6.29 Å². The minimum atomic E-state index is -4.62. The van der Waals surface area contributed by atoms with E-state index in [1.54, 1.807) is 0 Å². The van der Waals surface area contributed by atoms with Crippen LogP contribution in [0.15, 0.2) is 0 Å². The van der Waals surface area contributed by atoms with E-state index in [-0.39, 0.29) is 19.4 Å². The van der Waals surface area contributed by atoms with E-state index in [1.807, 2.05) is 0 Å². The van der Waals surface area contributed by atoms with Crippen molar-refractivity contribution in [1.29, 1.82) is 0 Å². The second kappa shape index (κ2) is 3.30. The molecular weight excluding hydrogens is 177 g/mol. The third kappa shape index (κ3) is 2.37. The van der Waals surface area contributed by atoms with Crippen molar-refractivity contribution in [3.63, 3.8) is 0 Å². The minimum absolute atomic E-state index is 0.0213. The zero-order valence-corrected chi connectivity index (χ0v) is 6.06. The highest BCUT2D eigenvalue weighted by Crippen LogP contribution is 2.25. The first-order valence-corrected chi connectivity index (χ1v) is 3.38. The first-order valence-electron chi connectivity index (χ1n) is 3.38. The molecule has 6 heteroatoms. The fourth-order valence-corrected chi connectivity index (χ4v) is 0.781. The lowest BCUT2D eigenvalue weighted by molar-refractivity contribution is -0.295. The smallest absolute Gasteiger partial charge is 0.426 e. The molecule has 3 nitrogen and oxygen atoms in total. The molecule has 1 heterocycles. The number of carbonyl (C=O) groups excluding carboxylic acids is 1. The molecular formula is C6H7F3O3. The molecule has 1 atom stereocenters. The molecule has 1 fully saturated rings. The number of ether oxygens (including phenoxy) is 2. The molecule has 1 saturated heterocycles. The third-order valence-corrected chi connectivity index (χ3v) is 1.30. The number of esters is 1. The summed E-state index contributed by atoms with van der Waals surface area (Å²) in [6.45, 7) is -0.101. The van der Waals surface area contributed by atoms with Gasteiger partial charge in [-0.05, 0) is 6.42 Å². The Labute approximate surface area is 66.4 Å². The summed E-state index contributed by atoms with van der Waals surface area (Å²) in [4.78, 5) is 10.5. The Balaban J connectivity index is 2.58. The van der Waals surface area contributed by atoms with Crippen LogP contribution in [0.1, 0.15) is 12.8 Å². The zero-order valence-electron chi connectivity index (χ0n) is 6.06. The van der Waals surface area contributed by atoms with E-state index in [9.17, 15) is 18.0 Å². The SMILES string of the molecule is O=C1CCCOC(C(F)(F)F)O1. The summed E-state index contributed by atoms with van der Waals surface area (Å²) in [5.74, 6) is -0.866. The number of carbonyl (C=O) groups is 1. The molecule has 0 aromatic heterocycles. The molecule has 0 saturated carbocycles. The quantitative estimate of drug-likeness (QED) is 0.531. The summed E-state index contributed by atoms with van der Waals surface area (Å²) < 4.78 is 43.9. The van der Waals surface area contributed by atoms with E-state index in [2.05, 4.69) is 9.47 Å². The molecule has 0 bridgehead atoms. The van der Waals surface area contributed by atoms with Gasteiger partial charge in [0.2, 0.25) is 0 Å². The number of alkyl halides is 3. The summed E-state index contributed by atoms with van der Waals surface area (Å²) >= 11 is 0. The standard InChI is InChI=1S/C6H7F3O3/c7-6(8,9)5-11-3-1-2-4(10)12-5/h5H,1-3H2. The van der Waals surface area contributed by atoms with Gasteiger partial charge in [-0.1, -0.05) is 0 Å². The summed E-state index contributed by atoms with van der Waals surface area (Å²) in [7, 11) is 0. The largest absolute Gasteiger partial charge is 0.452 e. The summed E-state index contributed by atoms with van der Waals surface area (Å²) in [5, 5.41) is 0. The van der Waals surface area contributed by atoms with Gasteiger partial charge in [0.15, 0.2) is 0 Å². The van der Waals surface area contributed by atoms with Gasteiger partial charge in [-0.15, -0.1) is 0 Å². The predicted molar refractivity (Wildman–Crippen MR) is 31.1 cm³/mol. The first-order chi connectivity index (χ1) is 5.50. The van der Waals surface area contributed by atoms with Crippen molar-refractivity contribution in [2.45, 2.75) is 25.3 Å². The Hall–Kier alpha value is -0.780. The highest BCUT2D eigenvalue weighted by Gasteiger charge is 2.44. The van der Waals surface area contributed by atoms with E-state index < -0.39 is 18.4 Å². The maximum absolute atomic E-state index is 11.9. The van der Waals surface area contributed by atoms with E-state index in [0.717, 1.165) is 0 Å². The van der Waals surface area contributed by atoms with Crippen molar-refractivity contribution in [3.05, 3.63) is 0 Å². The summed E-state index contributed by atoms with van der Waals surface area (Å²) in [6.07, 6.45) is -6.76. The number of hydrogen-bond donors (Lipinski definition) is 0. The van der Waals surface area contributed by atoms with E-state index in [1.165, 1.54) is 0 Å². The van der Waals surface area contributed by atoms with Crippen LogP contribution >= 0.6 is 0 Å². The van der Waals surface area contributed by atoms with Crippen LogP contribution in [0.5, 0.6) is 0 Å². The molecule has 1 aliphatic heterocycles. The number of halogens is 3. The molecule has 0 amide bonds. The Morgan fingerprint density at radius 2 is 2.08 bits per heavy atom. The molecule has 0 spiro atoms. The van der Waals surface area contributed by atoms with E-state index in [4.69, 9.17) is 0 Å². The van der Waals surface area contributed by atoms with Gasteiger partial charge >= 0.3 is 12.1 Å². The molecule has 1 unspecified atom stereocenters. The zero-order chi connectivity index (χ0) is 9.19. The fraction of sp³-hybridized carbons (Fsp3) is 0.833. The fourth-order valence-electron chi connectivity index (χ4n) is 0.781. The summed E-state index contributed by atoms with van der Waals surface area (Å²) in [5.41, 5.74) is 0.